The van der Waals surface area contributed by atoms with Crippen LogP contribution in [-0.2, 0) is 0 Å². The van der Waals surface area contributed by atoms with E-state index in [0.717, 1.165) is 11.1 Å². The van der Waals surface area contributed by atoms with E-state index in [9.17, 15) is 4.79 Å². The first kappa shape index (κ1) is 9.45. The lowest BCUT2D eigenvalue weighted by Crippen LogP contribution is -2.17. The number of hydrogen-bond donors (Lipinski definition) is 2. The van der Waals surface area contributed by atoms with E-state index in [1.165, 1.54) is 0 Å². The predicted molar refractivity (Wildman–Crippen MR) is 57.4 cm³/mol. The highest BCUT2D eigenvalue weighted by Gasteiger charge is 2.06. The van der Waals surface area contributed by atoms with Crippen LogP contribution in [0, 0.1) is 0 Å². The molecule has 2 N–H and O–H groups in total. The van der Waals surface area contributed by atoms with Crippen molar-refractivity contribution >= 4 is 5.91 Å². The summed E-state index contributed by atoms with van der Waals surface area (Å²) in [6.07, 6.45) is 5.25. The van der Waals surface area contributed by atoms with Gasteiger partial charge >= 0.3 is 0 Å². The van der Waals surface area contributed by atoms with E-state index >= 15 is 0 Å². The van der Waals surface area contributed by atoms with Gasteiger partial charge in [-0.05, 0) is 23.8 Å². The molecule has 2 aromatic heterocycles. The van der Waals surface area contributed by atoms with Gasteiger partial charge in [0.15, 0.2) is 0 Å². The Balaban J connectivity index is 2.32. The average molecular weight is 201 g/mol. The summed E-state index contributed by atoms with van der Waals surface area (Å²) in [4.78, 5) is 18.2. The number of nitrogens with zero attached hydrogens (tertiary/aromatic N) is 1. The van der Waals surface area contributed by atoms with Gasteiger partial charge in [-0.25, -0.2) is 0 Å². The zero-order valence-corrected chi connectivity index (χ0v) is 8.32. The molecule has 0 bridgehead atoms. The number of H-pyrrole nitrogens is 1. The lowest BCUT2D eigenvalue weighted by molar-refractivity contribution is 0.0959. The minimum Gasteiger partial charge on any atom is -0.357 e. The molecule has 0 aliphatic carbocycles. The number of carbonyl (C=O) groups excluding carboxylic acids is 1. The van der Waals surface area contributed by atoms with E-state index in [1.807, 2.05) is 18.2 Å². The molecule has 4 nitrogen and oxygen atoms in total. The smallest absolute Gasteiger partial charge is 0.267 e. The van der Waals surface area contributed by atoms with Gasteiger partial charge in [-0.15, -0.1) is 0 Å². The third-order valence-corrected chi connectivity index (χ3v) is 2.17. The van der Waals surface area contributed by atoms with Crippen LogP contribution < -0.4 is 5.32 Å². The highest BCUT2D eigenvalue weighted by molar-refractivity contribution is 5.93. The Morgan fingerprint density at radius 3 is 2.73 bits per heavy atom. The highest BCUT2D eigenvalue weighted by Crippen LogP contribution is 2.18. The lowest BCUT2D eigenvalue weighted by Gasteiger charge is -1.94. The molecule has 0 saturated heterocycles. The SMILES string of the molecule is CNC(=O)c1cc(-c2ccncc2)c[nH]1. The van der Waals surface area contributed by atoms with Crippen LogP contribution in [-0.4, -0.2) is 22.9 Å². The Morgan fingerprint density at radius 2 is 2.07 bits per heavy atom. The number of aromatic nitrogens is 2. The number of nitrogens with one attached hydrogen (secondary N) is 2. The number of rotatable bonds is 2. The molecular weight excluding hydrogens is 190 g/mol. The summed E-state index contributed by atoms with van der Waals surface area (Å²) in [5, 5.41) is 2.56. The molecule has 0 saturated carbocycles. The van der Waals surface area contributed by atoms with Gasteiger partial charge in [0.1, 0.15) is 5.69 Å². The first-order valence-corrected chi connectivity index (χ1v) is 4.62. The maximum absolute atomic E-state index is 11.3. The summed E-state index contributed by atoms with van der Waals surface area (Å²) in [5.74, 6) is -0.115. The molecule has 1 amide bonds. The minimum atomic E-state index is -0.115. The molecule has 76 valence electrons. The van der Waals surface area contributed by atoms with Crippen molar-refractivity contribution in [2.24, 2.45) is 0 Å². The van der Waals surface area contributed by atoms with E-state index in [1.54, 1.807) is 25.6 Å². The minimum absolute atomic E-state index is 0.115. The molecule has 0 fully saturated rings. The molecule has 0 aromatic carbocycles. The maximum Gasteiger partial charge on any atom is 0.267 e. The predicted octanol–water partition coefficient (Wildman–Crippen LogP) is 1.44. The van der Waals surface area contributed by atoms with Crippen molar-refractivity contribution in [2.45, 2.75) is 0 Å². The number of pyridine rings is 1. The third-order valence-electron chi connectivity index (χ3n) is 2.17. The Bertz CT molecular complexity index is 462. The average Bonchev–Trinajstić information content (AvgIpc) is 2.78. The van der Waals surface area contributed by atoms with Crippen molar-refractivity contribution in [3.05, 3.63) is 42.5 Å². The maximum atomic E-state index is 11.3. The molecule has 0 radical (unpaired) electrons. The normalized spacial score (nSPS) is 9.93. The van der Waals surface area contributed by atoms with E-state index in [2.05, 4.69) is 15.3 Å². The molecule has 2 rings (SSSR count). The van der Waals surface area contributed by atoms with Crippen LogP contribution in [0.4, 0.5) is 0 Å². The Morgan fingerprint density at radius 1 is 1.33 bits per heavy atom. The van der Waals surface area contributed by atoms with Crippen LogP contribution in [0.2, 0.25) is 0 Å². The monoisotopic (exact) mass is 201 g/mol. The number of aromatic amines is 1. The molecule has 2 heterocycles. The van der Waals surface area contributed by atoms with Crippen molar-refractivity contribution in [2.75, 3.05) is 7.05 Å². The fourth-order valence-corrected chi connectivity index (χ4v) is 1.37. The van der Waals surface area contributed by atoms with Crippen LogP contribution in [0.25, 0.3) is 11.1 Å². The number of hydrogen-bond acceptors (Lipinski definition) is 2. The Hall–Kier alpha value is -2.10. The van der Waals surface area contributed by atoms with Crippen molar-refractivity contribution in [1.29, 1.82) is 0 Å². The first-order valence-electron chi connectivity index (χ1n) is 4.62. The summed E-state index contributed by atoms with van der Waals surface area (Å²) >= 11 is 0. The van der Waals surface area contributed by atoms with Crippen LogP contribution in [0.3, 0.4) is 0 Å². The van der Waals surface area contributed by atoms with Gasteiger partial charge in [-0.1, -0.05) is 0 Å². The summed E-state index contributed by atoms with van der Waals surface area (Å²) < 4.78 is 0. The highest BCUT2D eigenvalue weighted by atomic mass is 16.1. The third kappa shape index (κ3) is 1.88. The Labute approximate surface area is 87.4 Å². The van der Waals surface area contributed by atoms with E-state index < -0.39 is 0 Å². The fourth-order valence-electron chi connectivity index (χ4n) is 1.37. The second-order valence-electron chi connectivity index (χ2n) is 3.12. The molecule has 4 heteroatoms. The van der Waals surface area contributed by atoms with Crippen LogP contribution in [0.15, 0.2) is 36.8 Å². The molecule has 0 aliphatic rings. The van der Waals surface area contributed by atoms with Gasteiger partial charge in [0, 0.05) is 31.2 Å². The van der Waals surface area contributed by atoms with Gasteiger partial charge in [0.05, 0.1) is 0 Å². The summed E-state index contributed by atoms with van der Waals surface area (Å²) in [6, 6.07) is 5.61. The molecule has 0 unspecified atom stereocenters. The summed E-state index contributed by atoms with van der Waals surface area (Å²) in [6.45, 7) is 0. The molecule has 0 spiro atoms. The Kier molecular flexibility index (Phi) is 2.49. The molecule has 2 aromatic rings. The zero-order chi connectivity index (χ0) is 10.7. The number of carbonyl (C=O) groups is 1. The van der Waals surface area contributed by atoms with Gasteiger partial charge < -0.3 is 10.3 Å². The largest absolute Gasteiger partial charge is 0.357 e. The molecular formula is C11H11N3O. The molecule has 0 aliphatic heterocycles. The van der Waals surface area contributed by atoms with Crippen LogP contribution in [0.1, 0.15) is 10.5 Å². The van der Waals surface area contributed by atoms with Crippen molar-refractivity contribution < 1.29 is 4.79 Å². The van der Waals surface area contributed by atoms with Crippen molar-refractivity contribution in [1.82, 2.24) is 15.3 Å². The van der Waals surface area contributed by atoms with E-state index in [4.69, 9.17) is 0 Å². The standard InChI is InChI=1S/C11H11N3O/c1-12-11(15)10-6-9(7-14-10)8-2-4-13-5-3-8/h2-7,14H,1H3,(H,12,15). The van der Waals surface area contributed by atoms with Crippen molar-refractivity contribution in [3.8, 4) is 11.1 Å². The molecule has 15 heavy (non-hydrogen) atoms. The first-order chi connectivity index (χ1) is 7.31. The van der Waals surface area contributed by atoms with Gasteiger partial charge in [0.2, 0.25) is 0 Å². The van der Waals surface area contributed by atoms with Crippen molar-refractivity contribution in [3.63, 3.8) is 0 Å². The lowest BCUT2D eigenvalue weighted by atomic mass is 10.1. The van der Waals surface area contributed by atoms with E-state index in [-0.39, 0.29) is 5.91 Å². The van der Waals surface area contributed by atoms with Gasteiger partial charge in [0.25, 0.3) is 5.91 Å². The van der Waals surface area contributed by atoms with Gasteiger partial charge in [-0.2, -0.15) is 0 Å². The summed E-state index contributed by atoms with van der Waals surface area (Å²) in [7, 11) is 1.61. The fraction of sp³-hybridized carbons (Fsp3) is 0.0909. The quantitative estimate of drug-likeness (QED) is 0.772. The van der Waals surface area contributed by atoms with E-state index in [0.29, 0.717) is 5.69 Å². The summed E-state index contributed by atoms with van der Waals surface area (Å²) in [5.41, 5.74) is 2.58. The second-order valence-corrected chi connectivity index (χ2v) is 3.12. The van der Waals surface area contributed by atoms with Gasteiger partial charge in [-0.3, -0.25) is 9.78 Å². The zero-order valence-electron chi connectivity index (χ0n) is 8.32. The number of amides is 1. The molecule has 0 atom stereocenters. The van der Waals surface area contributed by atoms with Crippen LogP contribution in [0.5, 0.6) is 0 Å². The second kappa shape index (κ2) is 3.96. The topological polar surface area (TPSA) is 57.8 Å². The van der Waals surface area contributed by atoms with Crippen LogP contribution >= 0.6 is 0 Å².